The van der Waals surface area contributed by atoms with Crippen molar-refractivity contribution in [2.75, 3.05) is 6.54 Å². The normalized spacial score (nSPS) is 29.9. The molecule has 0 spiro atoms. The molecule has 6 rings (SSSR count). The van der Waals surface area contributed by atoms with Crippen LogP contribution >= 0.6 is 15.9 Å². The molecule has 4 fully saturated rings. The molecule has 2 aliphatic carbocycles. The van der Waals surface area contributed by atoms with Gasteiger partial charge in [0.15, 0.2) is 0 Å². The third kappa shape index (κ3) is 4.34. The van der Waals surface area contributed by atoms with E-state index in [0.29, 0.717) is 22.7 Å². The summed E-state index contributed by atoms with van der Waals surface area (Å²) >= 11 is 3.97. The minimum atomic E-state index is -5.76. The van der Waals surface area contributed by atoms with Gasteiger partial charge < -0.3 is 14.1 Å². The molecule has 4 aliphatic rings. The SMILES string of the molecule is CC(CC(=O)N1CC2CC3CC1CC(Br)(C3)C2)c1c[nH]c2ccc(OS(=O)(=O)C(F)(F)F)cc12. The van der Waals surface area contributed by atoms with Crippen molar-refractivity contribution in [2.45, 2.75) is 67.2 Å². The van der Waals surface area contributed by atoms with Crippen LogP contribution in [0.5, 0.6) is 5.75 Å². The van der Waals surface area contributed by atoms with Crippen LogP contribution < -0.4 is 4.18 Å². The van der Waals surface area contributed by atoms with Crippen LogP contribution in [0.15, 0.2) is 24.4 Å². The smallest absolute Gasteiger partial charge is 0.376 e. The van der Waals surface area contributed by atoms with Gasteiger partial charge in [-0.2, -0.15) is 21.6 Å². The van der Waals surface area contributed by atoms with Crippen LogP contribution in [0.25, 0.3) is 10.9 Å². The predicted molar refractivity (Wildman–Crippen MR) is 124 cm³/mol. The second kappa shape index (κ2) is 8.15. The molecule has 0 radical (unpaired) electrons. The first-order valence-corrected chi connectivity index (χ1v) is 13.6. The summed E-state index contributed by atoms with van der Waals surface area (Å²) in [6.45, 7) is 2.68. The molecule has 11 heteroatoms. The lowest BCUT2D eigenvalue weighted by molar-refractivity contribution is -0.134. The van der Waals surface area contributed by atoms with Gasteiger partial charge in [-0.25, -0.2) is 0 Å². The Morgan fingerprint density at radius 3 is 2.71 bits per heavy atom. The highest BCUT2D eigenvalue weighted by Crippen LogP contribution is 2.54. The van der Waals surface area contributed by atoms with Crippen LogP contribution in [0, 0.1) is 11.8 Å². The van der Waals surface area contributed by atoms with Gasteiger partial charge >= 0.3 is 15.6 Å². The number of alkyl halides is 4. The summed E-state index contributed by atoms with van der Waals surface area (Å²) in [6.07, 6.45) is 7.46. The summed E-state index contributed by atoms with van der Waals surface area (Å²) in [6, 6.07) is 4.14. The standard InChI is InChI=1S/C23H26BrF3N2O4S/c1-13(4-21(30)29-12-15-5-14-6-16(29)10-22(24,8-14)9-15)19-11-28-20-3-2-17(7-18(19)20)33-34(31,32)23(25,26)27/h2-3,7,11,13-16,28H,4-6,8-10,12H2,1H3. The van der Waals surface area contributed by atoms with Crippen molar-refractivity contribution in [3.63, 3.8) is 0 Å². The first-order valence-electron chi connectivity index (χ1n) is 11.4. The van der Waals surface area contributed by atoms with E-state index in [0.717, 1.165) is 31.4 Å². The number of hydrogen-bond donors (Lipinski definition) is 1. The van der Waals surface area contributed by atoms with E-state index in [1.54, 1.807) is 6.20 Å². The quantitative estimate of drug-likeness (QED) is 0.299. The lowest BCUT2D eigenvalue weighted by Crippen LogP contribution is -2.45. The molecule has 1 aromatic heterocycles. The van der Waals surface area contributed by atoms with Crippen LogP contribution in [0.2, 0.25) is 0 Å². The number of H-pyrrole nitrogens is 1. The first kappa shape index (κ1) is 24.0. The minimum Gasteiger partial charge on any atom is -0.376 e. The maximum absolute atomic E-state index is 13.4. The largest absolute Gasteiger partial charge is 0.534 e. The number of nitrogens with one attached hydrogen (secondary N) is 1. The van der Waals surface area contributed by atoms with Crippen molar-refractivity contribution in [1.82, 2.24) is 9.88 Å². The van der Waals surface area contributed by atoms with Gasteiger partial charge in [-0.3, -0.25) is 4.79 Å². The second-order valence-corrected chi connectivity index (χ2v) is 13.4. The minimum absolute atomic E-state index is 0.0863. The number of fused-ring (bicyclic) bond motifs is 2. The fourth-order valence-electron chi connectivity index (χ4n) is 6.35. The number of amides is 1. The zero-order valence-electron chi connectivity index (χ0n) is 18.6. The molecule has 186 valence electrons. The van der Waals surface area contributed by atoms with Crippen molar-refractivity contribution < 1.29 is 30.6 Å². The molecule has 5 unspecified atom stereocenters. The second-order valence-electron chi connectivity index (χ2n) is 10.2. The molecule has 1 aromatic carbocycles. The van der Waals surface area contributed by atoms with E-state index >= 15 is 0 Å². The molecule has 2 aliphatic heterocycles. The molecule has 1 N–H and O–H groups in total. The Kier molecular flexibility index (Phi) is 5.74. The van der Waals surface area contributed by atoms with Crippen LogP contribution in [0.4, 0.5) is 13.2 Å². The topological polar surface area (TPSA) is 79.5 Å². The molecule has 2 saturated carbocycles. The van der Waals surface area contributed by atoms with Crippen molar-refractivity contribution in [2.24, 2.45) is 11.8 Å². The number of hydrogen-bond acceptors (Lipinski definition) is 4. The van der Waals surface area contributed by atoms with E-state index in [4.69, 9.17) is 0 Å². The molecule has 3 heterocycles. The molecule has 6 nitrogen and oxygen atoms in total. The number of benzene rings is 1. The van der Waals surface area contributed by atoms with Crippen LogP contribution in [-0.4, -0.2) is 46.6 Å². The third-order valence-electron chi connectivity index (χ3n) is 7.58. The Bertz CT molecular complexity index is 1230. The van der Waals surface area contributed by atoms with Gasteiger partial charge in [0.1, 0.15) is 5.75 Å². The summed E-state index contributed by atoms with van der Waals surface area (Å²) in [5.74, 6) is 0.613. The van der Waals surface area contributed by atoms with Gasteiger partial charge in [-0.15, -0.1) is 0 Å². The van der Waals surface area contributed by atoms with Crippen LogP contribution in [-0.2, 0) is 14.9 Å². The Labute approximate surface area is 204 Å². The molecule has 2 saturated heterocycles. The van der Waals surface area contributed by atoms with Crippen molar-refractivity contribution in [3.8, 4) is 5.75 Å². The Balaban J connectivity index is 1.35. The molecule has 34 heavy (non-hydrogen) atoms. The molecule has 4 bridgehead atoms. The summed E-state index contributed by atoms with van der Waals surface area (Å²) < 4.78 is 65.4. The van der Waals surface area contributed by atoms with E-state index in [2.05, 4.69) is 30.0 Å². The maximum Gasteiger partial charge on any atom is 0.534 e. The van der Waals surface area contributed by atoms with Crippen LogP contribution in [0.3, 0.4) is 0 Å². The van der Waals surface area contributed by atoms with E-state index < -0.39 is 21.4 Å². The Morgan fingerprint density at radius 1 is 1.26 bits per heavy atom. The predicted octanol–water partition coefficient (Wildman–Crippen LogP) is 5.44. The van der Waals surface area contributed by atoms with E-state index in [1.807, 2.05) is 6.92 Å². The van der Waals surface area contributed by atoms with Gasteiger partial charge in [0.25, 0.3) is 0 Å². The average molecular weight is 563 g/mol. The van der Waals surface area contributed by atoms with Gasteiger partial charge in [-0.05, 0) is 73.6 Å². The van der Waals surface area contributed by atoms with Gasteiger partial charge in [0.2, 0.25) is 5.91 Å². The summed E-state index contributed by atoms with van der Waals surface area (Å²) in [7, 11) is -5.76. The number of carbonyl (C=O) groups excluding carboxylic acids is 1. The number of aromatic nitrogens is 1. The highest BCUT2D eigenvalue weighted by molar-refractivity contribution is 9.10. The summed E-state index contributed by atoms with van der Waals surface area (Å²) in [5, 5.41) is 0.533. The molecular formula is C23H26BrF3N2O4S. The number of nitrogens with zero attached hydrogens (tertiary/aromatic N) is 1. The lowest BCUT2D eigenvalue weighted by atomic mass is 9.68. The number of rotatable bonds is 5. The van der Waals surface area contributed by atoms with Gasteiger partial charge in [-0.1, -0.05) is 22.9 Å². The zero-order chi connectivity index (χ0) is 24.5. The summed E-state index contributed by atoms with van der Waals surface area (Å²) in [5.41, 5.74) is -4.16. The highest BCUT2D eigenvalue weighted by Gasteiger charge is 2.51. The monoisotopic (exact) mass is 562 g/mol. The van der Waals surface area contributed by atoms with Crippen molar-refractivity contribution >= 4 is 42.9 Å². The Hall–Kier alpha value is -1.75. The molecule has 5 atom stereocenters. The maximum atomic E-state index is 13.4. The summed E-state index contributed by atoms with van der Waals surface area (Å²) in [4.78, 5) is 18.5. The average Bonchev–Trinajstić information content (AvgIpc) is 3.03. The van der Waals surface area contributed by atoms with E-state index in [9.17, 15) is 26.4 Å². The van der Waals surface area contributed by atoms with E-state index in [-0.39, 0.29) is 28.6 Å². The van der Waals surface area contributed by atoms with Gasteiger partial charge in [0, 0.05) is 40.4 Å². The van der Waals surface area contributed by atoms with E-state index in [1.165, 1.54) is 31.0 Å². The molecule has 2 aromatic rings. The number of aromatic amines is 1. The van der Waals surface area contributed by atoms with Crippen LogP contribution in [0.1, 0.15) is 56.9 Å². The highest BCUT2D eigenvalue weighted by atomic mass is 79.9. The lowest BCUT2D eigenvalue weighted by Gasteiger charge is -2.44. The number of carbonyl (C=O) groups is 1. The fourth-order valence-corrected chi connectivity index (χ4v) is 8.09. The molecule has 1 amide bonds. The van der Waals surface area contributed by atoms with Crippen molar-refractivity contribution in [1.29, 1.82) is 0 Å². The zero-order valence-corrected chi connectivity index (χ0v) is 21.0. The molecular weight excluding hydrogens is 537 g/mol. The van der Waals surface area contributed by atoms with Gasteiger partial charge in [0.05, 0.1) is 0 Å². The first-order chi connectivity index (χ1) is 15.8. The Morgan fingerprint density at radius 2 is 2.00 bits per heavy atom. The third-order valence-corrected chi connectivity index (χ3v) is 9.53. The number of halogens is 4. The van der Waals surface area contributed by atoms with Crippen molar-refractivity contribution in [3.05, 3.63) is 30.0 Å². The fraction of sp³-hybridized carbons (Fsp3) is 0.609.